The van der Waals surface area contributed by atoms with Gasteiger partial charge in [-0.1, -0.05) is 19.4 Å². The van der Waals surface area contributed by atoms with Crippen molar-refractivity contribution < 1.29 is 4.79 Å². The van der Waals surface area contributed by atoms with Gasteiger partial charge in [-0.05, 0) is 62.6 Å². The predicted molar refractivity (Wildman–Crippen MR) is 86.8 cm³/mol. The van der Waals surface area contributed by atoms with Crippen LogP contribution in [0.2, 0.25) is 0 Å². The molecule has 0 radical (unpaired) electrons. The van der Waals surface area contributed by atoms with Crippen molar-refractivity contribution in [1.82, 2.24) is 9.88 Å². The number of carbonyl (C=O) groups is 1. The maximum atomic E-state index is 12.8. The highest BCUT2D eigenvalue weighted by Gasteiger charge is 2.64. The van der Waals surface area contributed by atoms with Crippen molar-refractivity contribution in [3.8, 4) is 0 Å². The molecule has 0 unspecified atom stereocenters. The lowest BCUT2D eigenvalue weighted by Gasteiger charge is -2.25. The van der Waals surface area contributed by atoms with E-state index in [9.17, 15) is 4.79 Å². The highest BCUT2D eigenvalue weighted by Crippen LogP contribution is 2.62. The van der Waals surface area contributed by atoms with Gasteiger partial charge in [0.05, 0.1) is 6.04 Å². The summed E-state index contributed by atoms with van der Waals surface area (Å²) in [4.78, 5) is 19.8. The number of pyridine rings is 1. The summed E-state index contributed by atoms with van der Waals surface area (Å²) in [5.41, 5.74) is 2.59. The molecule has 2 aliphatic heterocycles. The molecule has 1 spiro atoms. The summed E-state index contributed by atoms with van der Waals surface area (Å²) in [6.07, 6.45) is 7.10. The van der Waals surface area contributed by atoms with E-state index in [4.69, 9.17) is 0 Å². The molecule has 3 heterocycles. The van der Waals surface area contributed by atoms with Crippen LogP contribution in [0.15, 0.2) is 12.1 Å². The Bertz CT molecular complexity index is 614. The maximum Gasteiger partial charge on any atom is 0.242 e. The monoisotopic (exact) mass is 299 g/mol. The van der Waals surface area contributed by atoms with Crippen LogP contribution >= 0.6 is 0 Å². The quantitative estimate of drug-likeness (QED) is 0.867. The van der Waals surface area contributed by atoms with Gasteiger partial charge in [-0.15, -0.1) is 0 Å². The molecular formula is C18H25N3O. The minimum absolute atomic E-state index is 0.0389. The number of hydrogen-bond acceptors (Lipinski definition) is 3. The molecule has 4 nitrogen and oxygen atoms in total. The molecule has 2 fully saturated rings. The van der Waals surface area contributed by atoms with Gasteiger partial charge in [0.15, 0.2) is 0 Å². The second kappa shape index (κ2) is 5.05. The summed E-state index contributed by atoms with van der Waals surface area (Å²) in [6.45, 7) is 5.13. The number of hydrogen-bond donors (Lipinski definition) is 1. The highest BCUT2D eigenvalue weighted by molar-refractivity contribution is 5.95. The number of fused-ring (bicyclic) bond motifs is 2. The number of likely N-dealkylation sites (N-methyl/N-ethyl adjacent to an activating group) is 1. The summed E-state index contributed by atoms with van der Waals surface area (Å²) >= 11 is 0. The van der Waals surface area contributed by atoms with Gasteiger partial charge in [-0.25, -0.2) is 4.98 Å². The summed E-state index contributed by atoms with van der Waals surface area (Å²) < 4.78 is 0. The van der Waals surface area contributed by atoms with Crippen LogP contribution < -0.4 is 5.32 Å². The fraction of sp³-hybridized carbons (Fsp3) is 0.667. The molecule has 1 saturated heterocycles. The van der Waals surface area contributed by atoms with Gasteiger partial charge in [0.2, 0.25) is 5.91 Å². The zero-order chi connectivity index (χ0) is 15.3. The van der Waals surface area contributed by atoms with E-state index in [1.54, 1.807) is 0 Å². The first kappa shape index (κ1) is 14.2. The van der Waals surface area contributed by atoms with Crippen molar-refractivity contribution in [3.63, 3.8) is 0 Å². The molecule has 1 aromatic heterocycles. The van der Waals surface area contributed by atoms with Crippen molar-refractivity contribution in [1.29, 1.82) is 0 Å². The van der Waals surface area contributed by atoms with Crippen LogP contribution in [0.4, 0.5) is 5.82 Å². The molecule has 3 aliphatic rings. The fourth-order valence-corrected chi connectivity index (χ4v) is 4.68. The van der Waals surface area contributed by atoms with E-state index in [2.05, 4.69) is 28.2 Å². The number of aromatic nitrogens is 1. The summed E-state index contributed by atoms with van der Waals surface area (Å²) in [5.74, 6) is 0.937. The molecule has 1 amide bonds. The Morgan fingerprint density at radius 3 is 3.05 bits per heavy atom. The second-order valence-corrected chi connectivity index (χ2v) is 7.29. The molecule has 1 aromatic rings. The average molecular weight is 299 g/mol. The predicted octanol–water partition coefficient (Wildman–Crippen LogP) is 2.91. The molecule has 118 valence electrons. The topological polar surface area (TPSA) is 45.2 Å². The van der Waals surface area contributed by atoms with Gasteiger partial charge in [0, 0.05) is 11.7 Å². The van der Waals surface area contributed by atoms with E-state index in [0.717, 1.165) is 30.9 Å². The first-order valence-electron chi connectivity index (χ1n) is 8.66. The van der Waals surface area contributed by atoms with E-state index < -0.39 is 0 Å². The minimum Gasteiger partial charge on any atom is -0.309 e. The third-order valence-corrected chi connectivity index (χ3v) is 5.95. The van der Waals surface area contributed by atoms with Crippen LogP contribution in [-0.4, -0.2) is 34.4 Å². The lowest BCUT2D eigenvalue weighted by Crippen LogP contribution is -2.42. The Hall–Kier alpha value is -1.42. The van der Waals surface area contributed by atoms with Gasteiger partial charge >= 0.3 is 0 Å². The average Bonchev–Trinajstić information content (AvgIpc) is 3.11. The number of rotatable bonds is 1. The van der Waals surface area contributed by atoms with Crippen LogP contribution in [0, 0.1) is 12.3 Å². The lowest BCUT2D eigenvalue weighted by atomic mass is 9.92. The standard InChI is InChI=1S/C18H25N3O/c1-3-21-14-10-18(11-15(18)21)9-5-4-6-13-8-7-12(2)19-16(13)20-17(14)22/h7-8,14-15H,3-6,9-11H2,1-2H3,(H,19,20,22)/t14-,15+,18-/m0/s1. The number of piperidine rings is 1. The van der Waals surface area contributed by atoms with E-state index in [1.165, 1.54) is 31.2 Å². The van der Waals surface area contributed by atoms with Crippen LogP contribution in [0.1, 0.15) is 50.3 Å². The van der Waals surface area contributed by atoms with Crippen molar-refractivity contribution in [2.24, 2.45) is 5.41 Å². The summed E-state index contributed by atoms with van der Waals surface area (Å²) in [7, 11) is 0. The number of carbonyl (C=O) groups excluding carboxylic acids is 1. The molecule has 1 saturated carbocycles. The molecule has 1 aliphatic carbocycles. The molecular weight excluding hydrogens is 274 g/mol. The molecule has 0 aromatic carbocycles. The zero-order valence-electron chi connectivity index (χ0n) is 13.6. The first-order valence-corrected chi connectivity index (χ1v) is 8.66. The fourth-order valence-electron chi connectivity index (χ4n) is 4.68. The number of nitrogens with zero attached hydrogens (tertiary/aromatic N) is 2. The second-order valence-electron chi connectivity index (χ2n) is 7.29. The Morgan fingerprint density at radius 1 is 1.36 bits per heavy atom. The third-order valence-electron chi connectivity index (χ3n) is 5.95. The molecule has 1 N–H and O–H groups in total. The van der Waals surface area contributed by atoms with Crippen molar-refractivity contribution in [2.45, 2.75) is 64.5 Å². The molecule has 3 atom stereocenters. The van der Waals surface area contributed by atoms with Gasteiger partial charge in [0.25, 0.3) is 0 Å². The van der Waals surface area contributed by atoms with Gasteiger partial charge in [0.1, 0.15) is 5.82 Å². The number of likely N-dealkylation sites (tertiary alicyclic amines) is 1. The van der Waals surface area contributed by atoms with Gasteiger partial charge < -0.3 is 5.32 Å². The van der Waals surface area contributed by atoms with E-state index in [0.29, 0.717) is 11.5 Å². The SMILES string of the molecule is CCN1[C@H]2C[C@@]3(CCCCc4ccc(C)nc4NC2=O)C[C@@H]13. The molecule has 22 heavy (non-hydrogen) atoms. The zero-order valence-corrected chi connectivity index (χ0v) is 13.6. The van der Waals surface area contributed by atoms with Crippen molar-refractivity contribution in [2.75, 3.05) is 11.9 Å². The van der Waals surface area contributed by atoms with E-state index >= 15 is 0 Å². The van der Waals surface area contributed by atoms with Crippen molar-refractivity contribution >= 4 is 11.7 Å². The summed E-state index contributed by atoms with van der Waals surface area (Å²) in [5, 5.41) is 3.14. The number of anilines is 1. The largest absolute Gasteiger partial charge is 0.309 e. The Balaban J connectivity index is 1.66. The highest BCUT2D eigenvalue weighted by atomic mass is 16.2. The molecule has 4 rings (SSSR count). The van der Waals surface area contributed by atoms with E-state index in [-0.39, 0.29) is 11.9 Å². The Kier molecular flexibility index (Phi) is 3.26. The lowest BCUT2D eigenvalue weighted by molar-refractivity contribution is -0.120. The van der Waals surface area contributed by atoms with Crippen LogP contribution in [-0.2, 0) is 11.2 Å². The first-order chi connectivity index (χ1) is 10.6. The van der Waals surface area contributed by atoms with E-state index in [1.807, 2.05) is 13.0 Å². The summed E-state index contributed by atoms with van der Waals surface area (Å²) in [6, 6.07) is 4.86. The minimum atomic E-state index is 0.0389. The van der Waals surface area contributed by atoms with Crippen molar-refractivity contribution in [3.05, 3.63) is 23.4 Å². The molecule has 2 bridgehead atoms. The molecule has 4 heteroatoms. The number of nitrogens with one attached hydrogen (secondary N) is 1. The van der Waals surface area contributed by atoms with Crippen LogP contribution in [0.5, 0.6) is 0 Å². The van der Waals surface area contributed by atoms with Crippen LogP contribution in [0.3, 0.4) is 0 Å². The number of amides is 1. The van der Waals surface area contributed by atoms with Gasteiger partial charge in [-0.3, -0.25) is 9.69 Å². The maximum absolute atomic E-state index is 12.8. The van der Waals surface area contributed by atoms with Crippen LogP contribution in [0.25, 0.3) is 0 Å². The number of aryl methyl sites for hydroxylation is 2. The smallest absolute Gasteiger partial charge is 0.242 e. The Labute approximate surface area is 132 Å². The Morgan fingerprint density at radius 2 is 2.23 bits per heavy atom. The normalized spacial score (nSPS) is 34.4. The van der Waals surface area contributed by atoms with Gasteiger partial charge in [-0.2, -0.15) is 0 Å². The third kappa shape index (κ3) is 2.16.